The molecule has 5 heteroatoms. The number of nitrogens with one attached hydrogen (secondary N) is 1. The first-order valence-corrected chi connectivity index (χ1v) is 6.99. The molecule has 1 unspecified atom stereocenters. The third-order valence-electron chi connectivity index (χ3n) is 3.00. The summed E-state index contributed by atoms with van der Waals surface area (Å²) >= 11 is 3.40. The molecule has 20 heavy (non-hydrogen) atoms. The second-order valence-electron chi connectivity index (χ2n) is 4.33. The highest BCUT2D eigenvalue weighted by Crippen LogP contribution is 2.25. The van der Waals surface area contributed by atoms with Crippen LogP contribution in [0.15, 0.2) is 46.9 Å². The lowest BCUT2D eigenvalue weighted by atomic mass is 10.1. The summed E-state index contributed by atoms with van der Waals surface area (Å²) in [6.07, 6.45) is 0. The van der Waals surface area contributed by atoms with E-state index < -0.39 is 0 Å². The van der Waals surface area contributed by atoms with Gasteiger partial charge >= 0.3 is 0 Å². The minimum Gasteiger partial charge on any atom is -0.494 e. The first-order valence-electron chi connectivity index (χ1n) is 6.19. The van der Waals surface area contributed by atoms with Gasteiger partial charge in [0.25, 0.3) is 0 Å². The van der Waals surface area contributed by atoms with Crippen LogP contribution in [-0.4, -0.2) is 13.7 Å². The van der Waals surface area contributed by atoms with Gasteiger partial charge in [0.1, 0.15) is 0 Å². The zero-order chi connectivity index (χ0) is 14.5. The van der Waals surface area contributed by atoms with Gasteiger partial charge in [-0.3, -0.25) is 0 Å². The molecule has 2 aromatic rings. The Morgan fingerprint density at radius 2 is 1.95 bits per heavy atom. The summed E-state index contributed by atoms with van der Waals surface area (Å²) in [4.78, 5) is 0. The number of ether oxygens (including phenoxy) is 1. The van der Waals surface area contributed by atoms with Gasteiger partial charge in [-0.25, -0.2) is 4.39 Å². The van der Waals surface area contributed by atoms with E-state index in [4.69, 9.17) is 10.5 Å². The number of hydrogen-bond acceptors (Lipinski definition) is 3. The lowest BCUT2D eigenvalue weighted by molar-refractivity contribution is 0.386. The number of nitrogens with two attached hydrogens (primary N) is 1. The van der Waals surface area contributed by atoms with Crippen molar-refractivity contribution in [2.45, 2.75) is 6.04 Å². The van der Waals surface area contributed by atoms with E-state index in [1.165, 1.54) is 13.2 Å². The predicted octanol–water partition coefficient (Wildman–Crippen LogP) is 3.71. The van der Waals surface area contributed by atoms with Gasteiger partial charge in [0.15, 0.2) is 11.6 Å². The lowest BCUT2D eigenvalue weighted by Crippen LogP contribution is -2.20. The topological polar surface area (TPSA) is 47.3 Å². The minimum absolute atomic E-state index is 0.0433. The third-order valence-corrected chi connectivity index (χ3v) is 3.53. The van der Waals surface area contributed by atoms with E-state index >= 15 is 0 Å². The van der Waals surface area contributed by atoms with E-state index in [1.807, 2.05) is 24.3 Å². The maximum Gasteiger partial charge on any atom is 0.165 e. The number of hydrogen-bond donors (Lipinski definition) is 2. The van der Waals surface area contributed by atoms with Crippen molar-refractivity contribution in [2.75, 3.05) is 19.0 Å². The van der Waals surface area contributed by atoms with Crippen molar-refractivity contribution in [3.8, 4) is 5.75 Å². The van der Waals surface area contributed by atoms with Crippen LogP contribution >= 0.6 is 15.9 Å². The van der Waals surface area contributed by atoms with Crippen molar-refractivity contribution < 1.29 is 9.13 Å². The summed E-state index contributed by atoms with van der Waals surface area (Å²) in [5.41, 5.74) is 7.65. The van der Waals surface area contributed by atoms with E-state index in [0.29, 0.717) is 6.54 Å². The molecule has 2 aromatic carbocycles. The molecule has 0 saturated heterocycles. The average molecular weight is 339 g/mol. The maximum absolute atomic E-state index is 13.4. The third kappa shape index (κ3) is 3.49. The summed E-state index contributed by atoms with van der Waals surface area (Å²) in [5.74, 6) is -0.174. The molecule has 0 fully saturated rings. The Labute approximate surface area is 126 Å². The van der Waals surface area contributed by atoms with Crippen LogP contribution < -0.4 is 15.8 Å². The molecule has 0 aliphatic heterocycles. The molecule has 3 N–H and O–H groups in total. The molecule has 3 nitrogen and oxygen atoms in total. The van der Waals surface area contributed by atoms with Crippen LogP contribution in [0.1, 0.15) is 11.6 Å². The van der Waals surface area contributed by atoms with E-state index in [-0.39, 0.29) is 17.6 Å². The van der Waals surface area contributed by atoms with Gasteiger partial charge in [0.05, 0.1) is 13.2 Å². The van der Waals surface area contributed by atoms with Crippen molar-refractivity contribution >= 4 is 21.6 Å². The fraction of sp³-hybridized carbons (Fsp3) is 0.200. The van der Waals surface area contributed by atoms with E-state index in [0.717, 1.165) is 15.7 Å². The number of halogens is 2. The summed E-state index contributed by atoms with van der Waals surface area (Å²) in [6.45, 7) is 0.432. The highest BCUT2D eigenvalue weighted by Gasteiger charge is 2.11. The molecule has 0 spiro atoms. The quantitative estimate of drug-likeness (QED) is 0.873. The Bertz CT molecular complexity index is 575. The Balaban J connectivity index is 2.19. The second kappa shape index (κ2) is 6.72. The van der Waals surface area contributed by atoms with Gasteiger partial charge in [0, 0.05) is 22.8 Å². The van der Waals surface area contributed by atoms with E-state index in [9.17, 15) is 4.39 Å². The van der Waals surface area contributed by atoms with Crippen molar-refractivity contribution in [3.63, 3.8) is 0 Å². The van der Waals surface area contributed by atoms with Crippen LogP contribution in [0, 0.1) is 5.82 Å². The summed E-state index contributed by atoms with van der Waals surface area (Å²) in [5, 5.41) is 3.28. The zero-order valence-corrected chi connectivity index (χ0v) is 12.7. The normalized spacial score (nSPS) is 12.0. The molecule has 0 radical (unpaired) electrons. The molecule has 0 aliphatic carbocycles. The Hall–Kier alpha value is -1.59. The van der Waals surface area contributed by atoms with Gasteiger partial charge in [-0.1, -0.05) is 28.1 Å². The molecule has 0 aromatic heterocycles. The molecule has 0 aliphatic rings. The number of methoxy groups -OCH3 is 1. The van der Waals surface area contributed by atoms with Crippen LogP contribution in [-0.2, 0) is 0 Å². The average Bonchev–Trinajstić information content (AvgIpc) is 2.47. The van der Waals surface area contributed by atoms with Crippen LogP contribution in [0.4, 0.5) is 10.1 Å². The van der Waals surface area contributed by atoms with Crippen LogP contribution in [0.2, 0.25) is 0 Å². The molecule has 0 heterocycles. The fourth-order valence-corrected chi connectivity index (χ4v) is 2.19. The van der Waals surface area contributed by atoms with Crippen molar-refractivity contribution in [1.82, 2.24) is 0 Å². The van der Waals surface area contributed by atoms with Gasteiger partial charge in [-0.05, 0) is 29.8 Å². The smallest absolute Gasteiger partial charge is 0.165 e. The van der Waals surface area contributed by atoms with Gasteiger partial charge in [-0.15, -0.1) is 0 Å². The summed E-state index contributed by atoms with van der Waals surface area (Å²) < 4.78 is 19.4. The monoisotopic (exact) mass is 338 g/mol. The standard InChI is InChI=1S/C15H16BrFN2O/c1-20-15-8-12(6-7-13(15)17)19-14(9-18)10-2-4-11(16)5-3-10/h2-8,14,19H,9,18H2,1H3. The molecule has 0 amide bonds. The van der Waals surface area contributed by atoms with Crippen LogP contribution in [0.5, 0.6) is 5.75 Å². The SMILES string of the molecule is COc1cc(NC(CN)c2ccc(Br)cc2)ccc1F. The molecule has 2 rings (SSSR count). The lowest BCUT2D eigenvalue weighted by Gasteiger charge is -2.19. The van der Waals surface area contributed by atoms with Crippen molar-refractivity contribution in [3.05, 3.63) is 58.3 Å². The zero-order valence-electron chi connectivity index (χ0n) is 11.1. The number of benzene rings is 2. The number of rotatable bonds is 5. The minimum atomic E-state index is -0.383. The highest BCUT2D eigenvalue weighted by atomic mass is 79.9. The molecule has 1 atom stereocenters. The second-order valence-corrected chi connectivity index (χ2v) is 5.25. The van der Waals surface area contributed by atoms with Crippen molar-refractivity contribution in [1.29, 1.82) is 0 Å². The summed E-state index contributed by atoms with van der Waals surface area (Å²) in [6, 6.07) is 12.5. The molecular formula is C15H16BrFN2O. The van der Waals surface area contributed by atoms with Gasteiger partial charge < -0.3 is 15.8 Å². The Morgan fingerprint density at radius 3 is 2.55 bits per heavy atom. The number of anilines is 1. The van der Waals surface area contributed by atoms with Crippen LogP contribution in [0.25, 0.3) is 0 Å². The highest BCUT2D eigenvalue weighted by molar-refractivity contribution is 9.10. The van der Waals surface area contributed by atoms with Gasteiger partial charge in [-0.2, -0.15) is 0 Å². The molecule has 0 saturated carbocycles. The van der Waals surface area contributed by atoms with E-state index in [2.05, 4.69) is 21.2 Å². The summed E-state index contributed by atoms with van der Waals surface area (Å²) in [7, 11) is 1.44. The largest absolute Gasteiger partial charge is 0.494 e. The predicted molar refractivity (Wildman–Crippen MR) is 82.5 cm³/mol. The van der Waals surface area contributed by atoms with Gasteiger partial charge in [0.2, 0.25) is 0 Å². The first-order chi connectivity index (χ1) is 9.63. The molecule has 0 bridgehead atoms. The Morgan fingerprint density at radius 1 is 1.25 bits per heavy atom. The van der Waals surface area contributed by atoms with E-state index in [1.54, 1.807) is 12.1 Å². The van der Waals surface area contributed by atoms with Crippen LogP contribution in [0.3, 0.4) is 0 Å². The maximum atomic E-state index is 13.4. The first kappa shape index (κ1) is 14.8. The fourth-order valence-electron chi connectivity index (χ4n) is 1.92. The molecular weight excluding hydrogens is 323 g/mol. The van der Waals surface area contributed by atoms with Crippen molar-refractivity contribution in [2.24, 2.45) is 5.73 Å². The Kier molecular flexibility index (Phi) is 4.98. The molecule has 106 valence electrons.